The molecule has 0 saturated carbocycles. The van der Waals surface area contributed by atoms with Crippen molar-refractivity contribution in [2.75, 3.05) is 0 Å². The van der Waals surface area contributed by atoms with Crippen molar-refractivity contribution in [2.45, 2.75) is 6.37 Å². The van der Waals surface area contributed by atoms with Gasteiger partial charge in [0.25, 0.3) is 5.91 Å². The average Bonchev–Trinajstić information content (AvgIpc) is 2.37. The van der Waals surface area contributed by atoms with Gasteiger partial charge in [-0.2, -0.15) is 5.53 Å². The predicted octanol–water partition coefficient (Wildman–Crippen LogP) is 3.30. The number of hydrogen-bond donors (Lipinski definition) is 2. The average molecular weight is 492 g/mol. The minimum atomic E-state index is -3.79. The van der Waals surface area contributed by atoms with E-state index >= 15 is 0 Å². The first kappa shape index (κ1) is 17.3. The summed E-state index contributed by atoms with van der Waals surface area (Å²) in [5.41, 5.74) is 8.41. The number of rotatable bonds is 4. The van der Waals surface area contributed by atoms with Crippen molar-refractivity contribution in [1.82, 2.24) is 5.43 Å². The minimum absolute atomic E-state index is 0.0618. The number of nitrogens with zero attached hydrogens (tertiary/aromatic N) is 3. The van der Waals surface area contributed by atoms with Crippen LogP contribution in [0.2, 0.25) is 0 Å². The third-order valence-corrected chi connectivity index (χ3v) is 7.27. The fraction of sp³-hybridized carbons (Fsp3) is 0.125. The molecule has 0 fully saturated rings. The van der Waals surface area contributed by atoms with E-state index < -0.39 is 17.2 Å². The Morgan fingerprint density at radius 1 is 1.30 bits per heavy atom. The molecule has 0 unspecified atom stereocenters. The highest BCUT2D eigenvalue weighted by Crippen LogP contribution is 2.43. The number of amides is 1. The number of hydrogen-bond acceptors (Lipinski definition) is 5. The highest BCUT2D eigenvalue weighted by Gasteiger charge is 2.37. The Kier molecular flexibility index (Phi) is 5.91. The summed E-state index contributed by atoms with van der Waals surface area (Å²) in [4.78, 5) is 11.6. The third-order valence-electron chi connectivity index (χ3n) is 1.95. The van der Waals surface area contributed by atoms with Crippen molar-refractivity contribution in [3.05, 3.63) is 29.8 Å². The van der Waals surface area contributed by atoms with Crippen LogP contribution in [0, 0.1) is 5.53 Å². The van der Waals surface area contributed by atoms with Crippen LogP contribution in [0.5, 0.6) is 0 Å². The van der Waals surface area contributed by atoms with Gasteiger partial charge in [0.15, 0.2) is 0 Å². The van der Waals surface area contributed by atoms with Gasteiger partial charge in [-0.25, -0.2) is 13.8 Å². The molecular weight excluding hydrogens is 486 g/mol. The molecule has 0 aromatic heterocycles. The predicted molar refractivity (Wildman–Crippen MR) is 80.6 cm³/mol. The van der Waals surface area contributed by atoms with Crippen LogP contribution in [-0.2, 0) is 9.84 Å². The van der Waals surface area contributed by atoms with Crippen molar-refractivity contribution in [1.29, 1.82) is 5.53 Å². The standard InChI is InChI=1S/C8H6Br3N5O3S/c9-8(10,11)20(18,19)6-3-1-2-5(4-6)7(17)13-15-16-14-12/h1-4H,(H2,12,13,16,17). The van der Waals surface area contributed by atoms with Gasteiger partial charge in [-0.3, -0.25) is 4.79 Å². The van der Waals surface area contributed by atoms with Crippen LogP contribution < -0.4 is 5.43 Å². The maximum Gasteiger partial charge on any atom is 0.272 e. The van der Waals surface area contributed by atoms with E-state index in [4.69, 9.17) is 5.53 Å². The molecule has 20 heavy (non-hydrogen) atoms. The summed E-state index contributed by atoms with van der Waals surface area (Å²) in [6, 6.07) is 5.33. The van der Waals surface area contributed by atoms with Crippen LogP contribution in [0.15, 0.2) is 44.8 Å². The Hall–Kier alpha value is -0.720. The second-order valence-electron chi connectivity index (χ2n) is 3.21. The van der Waals surface area contributed by atoms with Crippen molar-refractivity contribution < 1.29 is 13.2 Å². The molecule has 8 nitrogen and oxygen atoms in total. The summed E-state index contributed by atoms with van der Waals surface area (Å²) < 4.78 is 22.7. The Bertz CT molecular complexity index is 656. The molecule has 1 rings (SSSR count). The Labute approximate surface area is 139 Å². The van der Waals surface area contributed by atoms with Crippen molar-refractivity contribution in [3.63, 3.8) is 0 Å². The van der Waals surface area contributed by atoms with E-state index in [0.29, 0.717) is 0 Å². The number of halogens is 3. The maximum atomic E-state index is 12.1. The van der Waals surface area contributed by atoms with E-state index in [1.807, 2.05) is 5.43 Å². The topological polar surface area (TPSA) is 124 Å². The van der Waals surface area contributed by atoms with E-state index in [1.54, 1.807) is 0 Å². The number of alkyl halides is 3. The normalized spacial score (nSPS) is 12.3. The van der Waals surface area contributed by atoms with Crippen molar-refractivity contribution >= 4 is 63.5 Å². The quantitative estimate of drug-likeness (QED) is 0.381. The molecule has 0 aliphatic rings. The number of nitrogens with one attached hydrogen (secondary N) is 2. The summed E-state index contributed by atoms with van der Waals surface area (Å²) in [7, 11) is -3.79. The highest BCUT2D eigenvalue weighted by atomic mass is 80.0. The van der Waals surface area contributed by atoms with E-state index in [9.17, 15) is 13.2 Å². The highest BCUT2D eigenvalue weighted by molar-refractivity contribution is 9.42. The smallest absolute Gasteiger partial charge is 0.267 e. The fourth-order valence-corrected chi connectivity index (χ4v) is 3.58. The SMILES string of the molecule is N=N/N=N/NC(=O)c1cccc(S(=O)(=O)C(Br)(Br)Br)c1. The molecule has 0 saturated heterocycles. The van der Waals surface area contributed by atoms with Gasteiger partial charge in [-0.15, -0.1) is 0 Å². The lowest BCUT2D eigenvalue weighted by Gasteiger charge is -2.13. The fourth-order valence-electron chi connectivity index (χ4n) is 1.09. The lowest BCUT2D eigenvalue weighted by atomic mass is 10.2. The van der Waals surface area contributed by atoms with Crippen molar-refractivity contribution in [3.8, 4) is 0 Å². The summed E-state index contributed by atoms with van der Waals surface area (Å²) in [6.45, 7) is 0. The number of carbonyl (C=O) groups excluding carboxylic acids is 1. The lowest BCUT2D eigenvalue weighted by Crippen LogP contribution is -2.20. The summed E-state index contributed by atoms with van der Waals surface area (Å²) in [6.07, 6.45) is 0. The Balaban J connectivity index is 3.12. The van der Waals surface area contributed by atoms with Gasteiger partial charge < -0.3 is 0 Å². The van der Waals surface area contributed by atoms with Gasteiger partial charge in [-0.05, 0) is 81.7 Å². The number of benzene rings is 1. The summed E-state index contributed by atoms with van der Waals surface area (Å²) in [5.74, 6) is -0.682. The number of sulfone groups is 1. The van der Waals surface area contributed by atoms with Crippen LogP contribution in [0.25, 0.3) is 0 Å². The van der Waals surface area contributed by atoms with Crippen LogP contribution in [0.1, 0.15) is 10.4 Å². The van der Waals surface area contributed by atoms with Crippen LogP contribution >= 0.6 is 47.8 Å². The molecule has 0 aliphatic heterocycles. The molecule has 0 bridgehead atoms. The largest absolute Gasteiger partial charge is 0.272 e. The second kappa shape index (κ2) is 6.83. The van der Waals surface area contributed by atoms with Gasteiger partial charge in [0.2, 0.25) is 11.3 Å². The lowest BCUT2D eigenvalue weighted by molar-refractivity contribution is 0.0951. The second-order valence-corrected chi connectivity index (χ2v) is 13.6. The maximum absolute atomic E-state index is 12.1. The molecule has 0 aliphatic carbocycles. The Morgan fingerprint density at radius 2 is 1.95 bits per heavy atom. The van der Waals surface area contributed by atoms with Crippen molar-refractivity contribution in [2.24, 2.45) is 15.7 Å². The van der Waals surface area contributed by atoms with E-state index in [2.05, 4.69) is 63.5 Å². The monoisotopic (exact) mass is 489 g/mol. The first-order valence-corrected chi connectivity index (χ1v) is 8.54. The molecule has 1 amide bonds. The summed E-state index contributed by atoms with van der Waals surface area (Å²) in [5, 5.41) is 8.56. The molecule has 1 aromatic rings. The first-order valence-electron chi connectivity index (χ1n) is 4.68. The zero-order chi connectivity index (χ0) is 15.4. The molecular formula is C8H6Br3N5O3S. The molecule has 0 atom stereocenters. The molecule has 108 valence electrons. The first-order chi connectivity index (χ1) is 9.20. The zero-order valence-electron chi connectivity index (χ0n) is 9.42. The van der Waals surface area contributed by atoms with E-state index in [-0.39, 0.29) is 10.5 Å². The molecule has 2 N–H and O–H groups in total. The Morgan fingerprint density at radius 3 is 2.50 bits per heavy atom. The number of carbonyl (C=O) groups is 1. The summed E-state index contributed by atoms with van der Waals surface area (Å²) >= 11 is 8.78. The van der Waals surface area contributed by atoms with E-state index in [1.165, 1.54) is 24.3 Å². The minimum Gasteiger partial charge on any atom is -0.267 e. The molecule has 1 aromatic carbocycles. The molecule has 0 spiro atoms. The molecule has 0 radical (unpaired) electrons. The van der Waals surface area contributed by atoms with Crippen LogP contribution in [0.4, 0.5) is 0 Å². The van der Waals surface area contributed by atoms with Gasteiger partial charge in [-0.1, -0.05) is 6.07 Å². The van der Waals surface area contributed by atoms with Gasteiger partial charge in [0.1, 0.15) is 0 Å². The van der Waals surface area contributed by atoms with Crippen LogP contribution in [0.3, 0.4) is 0 Å². The van der Waals surface area contributed by atoms with Gasteiger partial charge >= 0.3 is 0 Å². The molecule has 0 heterocycles. The van der Waals surface area contributed by atoms with Gasteiger partial charge in [0.05, 0.1) is 4.90 Å². The molecule has 12 heteroatoms. The van der Waals surface area contributed by atoms with E-state index in [0.717, 1.165) is 0 Å². The van der Waals surface area contributed by atoms with Gasteiger partial charge in [0, 0.05) is 5.56 Å². The zero-order valence-corrected chi connectivity index (χ0v) is 15.0. The van der Waals surface area contributed by atoms with Crippen LogP contribution in [-0.4, -0.2) is 15.8 Å². The third kappa shape index (κ3) is 4.14.